The van der Waals surface area contributed by atoms with Crippen molar-refractivity contribution >= 4 is 66.4 Å². The van der Waals surface area contributed by atoms with Gasteiger partial charge in [0.1, 0.15) is 11.2 Å². The van der Waals surface area contributed by atoms with Crippen molar-refractivity contribution in [3.63, 3.8) is 0 Å². The highest BCUT2D eigenvalue weighted by Gasteiger charge is 2.17. The molecule has 0 saturated heterocycles. The van der Waals surface area contributed by atoms with Gasteiger partial charge in [-0.3, -0.25) is 0 Å². The van der Waals surface area contributed by atoms with E-state index >= 15 is 0 Å². The van der Waals surface area contributed by atoms with Crippen molar-refractivity contribution in [1.29, 1.82) is 0 Å². The monoisotopic (exact) mass is 844 g/mol. The van der Waals surface area contributed by atoms with E-state index < -0.39 is 0 Å². The Balaban J connectivity index is 0.875. The predicted octanol–water partition coefficient (Wildman–Crippen LogP) is 17.9. The van der Waals surface area contributed by atoms with Crippen molar-refractivity contribution in [2.45, 2.75) is 6.92 Å². The molecule has 0 spiro atoms. The average molecular weight is 845 g/mol. The number of furan rings is 1. The van der Waals surface area contributed by atoms with Crippen LogP contribution in [0.15, 0.2) is 248 Å². The lowest BCUT2D eigenvalue weighted by atomic mass is 9.98. The molecule has 12 rings (SSSR count). The Morgan fingerprint density at radius 2 is 0.773 bits per heavy atom. The van der Waals surface area contributed by atoms with Gasteiger partial charge in [0.15, 0.2) is 0 Å². The minimum Gasteiger partial charge on any atom is -0.455 e. The molecule has 312 valence electrons. The number of benzene rings is 10. The molecule has 0 radical (unpaired) electrons. The number of nitrogens with zero attached hydrogens (tertiary/aromatic N) is 2. The highest BCUT2D eigenvalue weighted by atomic mass is 16.3. The first kappa shape index (κ1) is 39.0. The average Bonchev–Trinajstić information content (AvgIpc) is 3.94. The summed E-state index contributed by atoms with van der Waals surface area (Å²) in [6.45, 7) is 6.13. The number of allylic oxidation sites excluding steroid dienone is 1. The van der Waals surface area contributed by atoms with Gasteiger partial charge in [0.05, 0.1) is 11.0 Å². The number of fused-ring (bicyclic) bond motifs is 6. The van der Waals surface area contributed by atoms with Crippen LogP contribution in [0.1, 0.15) is 12.5 Å². The zero-order valence-corrected chi connectivity index (χ0v) is 36.5. The molecule has 12 aromatic rings. The molecule has 2 heterocycles. The van der Waals surface area contributed by atoms with Gasteiger partial charge in [-0.1, -0.05) is 182 Å². The largest absolute Gasteiger partial charge is 0.455 e. The second-order valence-electron chi connectivity index (χ2n) is 17.1. The van der Waals surface area contributed by atoms with Crippen molar-refractivity contribution in [2.75, 3.05) is 4.90 Å². The Hall–Kier alpha value is -8.66. The van der Waals surface area contributed by atoms with E-state index in [1.54, 1.807) is 0 Å². The van der Waals surface area contributed by atoms with E-state index in [-0.39, 0.29) is 0 Å². The number of hydrogen-bond acceptors (Lipinski definition) is 2. The van der Waals surface area contributed by atoms with Crippen molar-refractivity contribution in [1.82, 2.24) is 4.57 Å². The molecule has 0 bridgehead atoms. The van der Waals surface area contributed by atoms with Crippen molar-refractivity contribution in [3.05, 3.63) is 249 Å². The molecule has 0 fully saturated rings. The maximum Gasteiger partial charge on any atom is 0.143 e. The summed E-state index contributed by atoms with van der Waals surface area (Å²) in [7, 11) is 0. The summed E-state index contributed by atoms with van der Waals surface area (Å²) in [5.41, 5.74) is 20.1. The summed E-state index contributed by atoms with van der Waals surface area (Å²) in [5.74, 6) is 0. The van der Waals surface area contributed by atoms with E-state index in [2.05, 4.69) is 241 Å². The third-order valence-electron chi connectivity index (χ3n) is 13.1. The van der Waals surface area contributed by atoms with Gasteiger partial charge < -0.3 is 13.9 Å². The molecule has 0 aliphatic carbocycles. The van der Waals surface area contributed by atoms with Crippen LogP contribution in [0.5, 0.6) is 0 Å². The predicted molar refractivity (Wildman–Crippen MR) is 279 cm³/mol. The molecule has 0 amide bonds. The van der Waals surface area contributed by atoms with Crippen LogP contribution in [0, 0.1) is 0 Å². The highest BCUT2D eigenvalue weighted by Crippen LogP contribution is 2.41. The minimum absolute atomic E-state index is 0.901. The van der Waals surface area contributed by atoms with Crippen LogP contribution in [0.3, 0.4) is 0 Å². The van der Waals surface area contributed by atoms with Gasteiger partial charge in [0.2, 0.25) is 0 Å². The second kappa shape index (κ2) is 16.2. The first-order valence-electron chi connectivity index (χ1n) is 22.5. The number of aromatic nitrogens is 1. The van der Waals surface area contributed by atoms with Crippen molar-refractivity contribution in [2.24, 2.45) is 0 Å². The van der Waals surface area contributed by atoms with Gasteiger partial charge in [-0.25, -0.2) is 0 Å². The lowest BCUT2D eigenvalue weighted by Gasteiger charge is -2.26. The zero-order chi connectivity index (χ0) is 44.1. The molecule has 0 unspecified atom stereocenters. The van der Waals surface area contributed by atoms with Crippen LogP contribution in [-0.4, -0.2) is 4.57 Å². The summed E-state index contributed by atoms with van der Waals surface area (Å²) in [5, 5.41) is 4.79. The Kier molecular flexibility index (Phi) is 9.54. The van der Waals surface area contributed by atoms with Crippen LogP contribution in [0.4, 0.5) is 17.1 Å². The Morgan fingerprint density at radius 3 is 1.27 bits per heavy atom. The van der Waals surface area contributed by atoms with E-state index in [1.807, 2.05) is 19.1 Å². The van der Waals surface area contributed by atoms with Crippen LogP contribution in [-0.2, 0) is 0 Å². The van der Waals surface area contributed by atoms with Crippen molar-refractivity contribution in [3.8, 4) is 50.2 Å². The van der Waals surface area contributed by atoms with Crippen LogP contribution in [0.2, 0.25) is 0 Å². The number of hydrogen-bond donors (Lipinski definition) is 0. The molecule has 0 atom stereocenters. The quantitative estimate of drug-likeness (QED) is 0.144. The molecule has 0 aliphatic heterocycles. The van der Waals surface area contributed by atoms with E-state index in [1.165, 1.54) is 49.6 Å². The fourth-order valence-corrected chi connectivity index (χ4v) is 9.62. The summed E-state index contributed by atoms with van der Waals surface area (Å²) in [4.78, 5) is 2.34. The standard InChI is InChI=1S/C63H44N2O/c1-42(2)43-18-20-44(21-19-43)45-22-24-46(25-23-45)47-26-34-51(35-27-47)64(53-40-32-50(33-41-53)55-13-9-14-59-58-12-5-8-17-62(58)66-63(55)59)52-36-28-48(29-37-52)49-30-38-54(39-31-49)65-60-15-6-3-10-56(60)57-11-4-7-16-61(57)65/h3-41H,1H2,2H3. The third kappa shape index (κ3) is 6.86. The van der Waals surface area contributed by atoms with Gasteiger partial charge >= 0.3 is 0 Å². The molecule has 0 N–H and O–H groups in total. The van der Waals surface area contributed by atoms with Gasteiger partial charge in [-0.2, -0.15) is 0 Å². The molecule has 3 heteroatoms. The molecular weight excluding hydrogens is 801 g/mol. The lowest BCUT2D eigenvalue weighted by Crippen LogP contribution is -2.09. The Labute approximate surface area is 384 Å². The van der Waals surface area contributed by atoms with E-state index in [4.69, 9.17) is 4.42 Å². The lowest BCUT2D eigenvalue weighted by molar-refractivity contribution is 0.670. The Morgan fingerprint density at radius 1 is 0.379 bits per heavy atom. The summed E-state index contributed by atoms with van der Waals surface area (Å²) in [6, 6.07) is 85.1. The Bertz CT molecular complexity index is 3670. The maximum atomic E-state index is 6.44. The topological polar surface area (TPSA) is 21.3 Å². The molecular formula is C63H44N2O. The molecule has 66 heavy (non-hydrogen) atoms. The van der Waals surface area contributed by atoms with Gasteiger partial charge in [0, 0.05) is 49.9 Å². The summed E-state index contributed by atoms with van der Waals surface area (Å²) < 4.78 is 8.80. The SMILES string of the molecule is C=C(C)c1ccc(-c2ccc(-c3ccc(N(c4ccc(-c5ccc(-n6c7ccccc7c7ccccc76)cc5)cc4)c4ccc(-c5cccc6c5oc5ccccc56)cc4)cc3)cc2)cc1. The summed E-state index contributed by atoms with van der Waals surface area (Å²) in [6.07, 6.45) is 0. The summed E-state index contributed by atoms with van der Waals surface area (Å²) >= 11 is 0. The van der Waals surface area contributed by atoms with Crippen LogP contribution < -0.4 is 4.90 Å². The first-order chi connectivity index (χ1) is 32.5. The molecule has 0 aliphatic rings. The molecule has 10 aromatic carbocycles. The van der Waals surface area contributed by atoms with Gasteiger partial charge in [-0.05, 0) is 118 Å². The fraction of sp³-hybridized carbons (Fsp3) is 0.0159. The van der Waals surface area contributed by atoms with Crippen molar-refractivity contribution < 1.29 is 4.42 Å². The minimum atomic E-state index is 0.901. The molecule has 3 nitrogen and oxygen atoms in total. The molecule has 2 aromatic heterocycles. The normalized spacial score (nSPS) is 11.5. The maximum absolute atomic E-state index is 6.44. The van der Waals surface area contributed by atoms with Gasteiger partial charge in [-0.15, -0.1) is 0 Å². The first-order valence-corrected chi connectivity index (χ1v) is 22.5. The van der Waals surface area contributed by atoms with Crippen LogP contribution in [0.25, 0.3) is 99.5 Å². The fourth-order valence-electron chi connectivity index (χ4n) is 9.62. The third-order valence-corrected chi connectivity index (χ3v) is 13.1. The highest BCUT2D eigenvalue weighted by molar-refractivity contribution is 6.10. The molecule has 0 saturated carbocycles. The van der Waals surface area contributed by atoms with E-state index in [0.717, 1.165) is 72.5 Å². The van der Waals surface area contributed by atoms with Crippen LogP contribution >= 0.6 is 0 Å². The number of rotatable bonds is 9. The number of para-hydroxylation sites is 4. The zero-order valence-electron chi connectivity index (χ0n) is 36.5. The smallest absolute Gasteiger partial charge is 0.143 e. The van der Waals surface area contributed by atoms with E-state index in [0.29, 0.717) is 0 Å². The number of anilines is 3. The van der Waals surface area contributed by atoms with E-state index in [9.17, 15) is 0 Å². The van der Waals surface area contributed by atoms with Gasteiger partial charge in [0.25, 0.3) is 0 Å². The second-order valence-corrected chi connectivity index (χ2v) is 17.1.